The molecule has 1 N–H and O–H groups in total. The van der Waals surface area contributed by atoms with Gasteiger partial charge in [-0.1, -0.05) is 18.2 Å². The highest BCUT2D eigenvalue weighted by molar-refractivity contribution is 5.75. The van der Waals surface area contributed by atoms with Gasteiger partial charge in [-0.15, -0.1) is 0 Å². The first kappa shape index (κ1) is 13.9. The highest BCUT2D eigenvalue weighted by Crippen LogP contribution is 2.22. The van der Waals surface area contributed by atoms with E-state index < -0.39 is 0 Å². The van der Waals surface area contributed by atoms with Gasteiger partial charge in [0.1, 0.15) is 0 Å². The van der Waals surface area contributed by atoms with Crippen molar-refractivity contribution in [3.05, 3.63) is 29.8 Å². The average Bonchev–Trinajstić information content (AvgIpc) is 2.61. The Hall–Kier alpha value is -1.55. The number of para-hydroxylation sites is 1. The quantitative estimate of drug-likeness (QED) is 0.891. The highest BCUT2D eigenvalue weighted by Gasteiger charge is 2.14. The molecule has 0 aliphatic carbocycles. The Bertz CT molecular complexity index is 431. The minimum Gasteiger partial charge on any atom is -0.370 e. The third kappa shape index (κ3) is 3.70. The van der Waals surface area contributed by atoms with Crippen LogP contribution < -0.4 is 10.2 Å². The van der Waals surface area contributed by atoms with E-state index in [9.17, 15) is 4.79 Å². The number of anilines is 1. The van der Waals surface area contributed by atoms with Gasteiger partial charge in [-0.2, -0.15) is 0 Å². The molecule has 1 aromatic rings. The maximum atomic E-state index is 11.6. The van der Waals surface area contributed by atoms with Crippen LogP contribution in [0.5, 0.6) is 0 Å². The molecule has 4 heteroatoms. The van der Waals surface area contributed by atoms with Crippen LogP contribution in [0.2, 0.25) is 0 Å². The molecule has 0 saturated carbocycles. The lowest BCUT2D eigenvalue weighted by molar-refractivity contribution is -0.128. The summed E-state index contributed by atoms with van der Waals surface area (Å²) in [5, 5.41) is 3.43. The lowest BCUT2D eigenvalue weighted by Crippen LogP contribution is -2.30. The molecule has 0 aromatic heterocycles. The predicted molar refractivity (Wildman–Crippen MR) is 78.3 cm³/mol. The molecule has 1 aliphatic rings. The van der Waals surface area contributed by atoms with E-state index in [0.717, 1.165) is 32.6 Å². The van der Waals surface area contributed by atoms with Crippen molar-refractivity contribution in [3.8, 4) is 0 Å². The largest absolute Gasteiger partial charge is 0.370 e. The van der Waals surface area contributed by atoms with Crippen molar-refractivity contribution in [3.63, 3.8) is 0 Å². The van der Waals surface area contributed by atoms with Crippen molar-refractivity contribution in [2.75, 3.05) is 38.6 Å². The van der Waals surface area contributed by atoms with E-state index in [1.54, 1.807) is 4.90 Å². The second-order valence-electron chi connectivity index (χ2n) is 5.18. The lowest BCUT2D eigenvalue weighted by atomic mass is 10.1. The Balaban J connectivity index is 1.95. The Morgan fingerprint density at radius 2 is 2.16 bits per heavy atom. The molecule has 0 atom stereocenters. The van der Waals surface area contributed by atoms with Gasteiger partial charge in [-0.05, 0) is 18.1 Å². The fraction of sp³-hybridized carbons (Fsp3) is 0.533. The molecule has 1 heterocycles. The first-order chi connectivity index (χ1) is 9.18. The van der Waals surface area contributed by atoms with Gasteiger partial charge in [-0.25, -0.2) is 0 Å². The molecule has 2 rings (SSSR count). The topological polar surface area (TPSA) is 35.6 Å². The van der Waals surface area contributed by atoms with E-state index in [0.29, 0.717) is 6.42 Å². The van der Waals surface area contributed by atoms with Crippen molar-refractivity contribution < 1.29 is 4.79 Å². The van der Waals surface area contributed by atoms with Gasteiger partial charge < -0.3 is 15.1 Å². The molecule has 0 saturated heterocycles. The monoisotopic (exact) mass is 261 g/mol. The molecule has 4 nitrogen and oxygen atoms in total. The van der Waals surface area contributed by atoms with E-state index in [1.807, 2.05) is 14.1 Å². The Morgan fingerprint density at radius 3 is 2.95 bits per heavy atom. The van der Waals surface area contributed by atoms with E-state index in [-0.39, 0.29) is 5.91 Å². The van der Waals surface area contributed by atoms with Gasteiger partial charge in [0.25, 0.3) is 0 Å². The minimum atomic E-state index is 0.209. The minimum absolute atomic E-state index is 0.209. The first-order valence-electron chi connectivity index (χ1n) is 6.92. The Kier molecular flexibility index (Phi) is 4.80. The van der Waals surface area contributed by atoms with Crippen LogP contribution >= 0.6 is 0 Å². The van der Waals surface area contributed by atoms with Gasteiger partial charge in [0.15, 0.2) is 0 Å². The van der Waals surface area contributed by atoms with Crippen LogP contribution in [0.1, 0.15) is 18.4 Å². The third-order valence-electron chi connectivity index (χ3n) is 3.52. The smallest absolute Gasteiger partial charge is 0.222 e. The Labute approximate surface area is 115 Å². The summed E-state index contributed by atoms with van der Waals surface area (Å²) >= 11 is 0. The second-order valence-corrected chi connectivity index (χ2v) is 5.18. The summed E-state index contributed by atoms with van der Waals surface area (Å²) in [5.74, 6) is 0.209. The summed E-state index contributed by atoms with van der Waals surface area (Å²) in [6.07, 6.45) is 1.53. The van der Waals surface area contributed by atoms with Crippen LogP contribution in [-0.4, -0.2) is 44.5 Å². The number of benzene rings is 1. The zero-order valence-electron chi connectivity index (χ0n) is 11.9. The molecule has 0 bridgehead atoms. The van der Waals surface area contributed by atoms with E-state index in [1.165, 1.54) is 11.3 Å². The molecule has 0 radical (unpaired) electrons. The van der Waals surface area contributed by atoms with Gasteiger partial charge in [0.05, 0.1) is 0 Å². The molecule has 19 heavy (non-hydrogen) atoms. The number of nitrogens with zero attached hydrogens (tertiary/aromatic N) is 2. The molecular weight excluding hydrogens is 238 g/mol. The molecular formula is C15H23N3O. The van der Waals surface area contributed by atoms with Gasteiger partial charge in [-0.3, -0.25) is 4.79 Å². The molecule has 0 spiro atoms. The summed E-state index contributed by atoms with van der Waals surface area (Å²) in [5.41, 5.74) is 2.66. The summed E-state index contributed by atoms with van der Waals surface area (Å²) in [6, 6.07) is 8.52. The van der Waals surface area contributed by atoms with Crippen molar-refractivity contribution in [2.24, 2.45) is 0 Å². The van der Waals surface area contributed by atoms with Crippen LogP contribution in [0.4, 0.5) is 5.69 Å². The number of hydrogen-bond donors (Lipinski definition) is 1. The summed E-state index contributed by atoms with van der Waals surface area (Å²) < 4.78 is 0. The molecule has 1 amide bonds. The summed E-state index contributed by atoms with van der Waals surface area (Å²) in [4.78, 5) is 15.6. The Morgan fingerprint density at radius 1 is 1.37 bits per heavy atom. The molecule has 1 aliphatic heterocycles. The van der Waals surface area contributed by atoms with Gasteiger partial charge >= 0.3 is 0 Å². The fourth-order valence-corrected chi connectivity index (χ4v) is 2.40. The van der Waals surface area contributed by atoms with Crippen LogP contribution in [0, 0.1) is 0 Å². The number of hydrogen-bond acceptors (Lipinski definition) is 3. The van der Waals surface area contributed by atoms with E-state index in [4.69, 9.17) is 0 Å². The lowest BCUT2D eigenvalue weighted by Gasteiger charge is -2.24. The normalized spacial score (nSPS) is 14.7. The molecule has 0 fully saturated rings. The van der Waals surface area contributed by atoms with Crippen molar-refractivity contribution in [1.29, 1.82) is 0 Å². The first-order valence-corrected chi connectivity index (χ1v) is 6.92. The fourth-order valence-electron chi connectivity index (χ4n) is 2.40. The zero-order chi connectivity index (χ0) is 13.7. The average molecular weight is 261 g/mol. The van der Waals surface area contributed by atoms with Crippen molar-refractivity contribution in [2.45, 2.75) is 19.4 Å². The van der Waals surface area contributed by atoms with E-state index >= 15 is 0 Å². The maximum absolute atomic E-state index is 11.6. The maximum Gasteiger partial charge on any atom is 0.222 e. The number of carbonyl (C=O) groups excluding carboxylic acids is 1. The standard InChI is InChI=1S/C15H23N3O/c1-17(2)15(19)8-5-10-18-11-9-16-12-13-6-3-4-7-14(13)18/h3-4,6-7,16H,5,8-12H2,1-2H3. The second kappa shape index (κ2) is 6.57. The molecule has 0 unspecified atom stereocenters. The summed E-state index contributed by atoms with van der Waals surface area (Å²) in [6.45, 7) is 3.88. The van der Waals surface area contributed by atoms with Crippen LogP contribution in [0.15, 0.2) is 24.3 Å². The molecule has 104 valence electrons. The van der Waals surface area contributed by atoms with E-state index in [2.05, 4.69) is 34.5 Å². The van der Waals surface area contributed by atoms with Crippen LogP contribution in [-0.2, 0) is 11.3 Å². The molecule has 1 aromatic carbocycles. The van der Waals surface area contributed by atoms with Gasteiger partial charge in [0.2, 0.25) is 5.91 Å². The SMILES string of the molecule is CN(C)C(=O)CCCN1CCNCc2ccccc21. The number of rotatable bonds is 4. The summed E-state index contributed by atoms with van der Waals surface area (Å²) in [7, 11) is 3.63. The van der Waals surface area contributed by atoms with Crippen LogP contribution in [0.3, 0.4) is 0 Å². The predicted octanol–water partition coefficient (Wildman–Crippen LogP) is 1.46. The number of carbonyl (C=O) groups is 1. The van der Waals surface area contributed by atoms with Crippen LogP contribution in [0.25, 0.3) is 0 Å². The highest BCUT2D eigenvalue weighted by atomic mass is 16.2. The zero-order valence-corrected chi connectivity index (χ0v) is 11.9. The number of fused-ring (bicyclic) bond motifs is 1. The number of nitrogens with one attached hydrogen (secondary N) is 1. The third-order valence-corrected chi connectivity index (χ3v) is 3.52. The number of amides is 1. The van der Waals surface area contributed by atoms with Crippen molar-refractivity contribution >= 4 is 11.6 Å². The van der Waals surface area contributed by atoms with Gasteiger partial charge in [0, 0.05) is 52.4 Å². The van der Waals surface area contributed by atoms with Crippen molar-refractivity contribution in [1.82, 2.24) is 10.2 Å².